The fraction of sp³-hybridized carbons (Fsp3) is 0.278. The maximum Gasteiger partial charge on any atom is 0.259 e. The number of benzene rings is 2. The molecule has 5 heteroatoms. The molecule has 4 nitrogen and oxygen atoms in total. The number of hydrogen-bond acceptors (Lipinski definition) is 3. The molecule has 0 fully saturated rings. The van der Waals surface area contributed by atoms with Gasteiger partial charge in [0.05, 0.1) is 12.7 Å². The number of nitrogens with zero attached hydrogens (tertiary/aromatic N) is 1. The topological polar surface area (TPSA) is 41.6 Å². The fourth-order valence-electron chi connectivity index (χ4n) is 2.89. The van der Waals surface area contributed by atoms with Crippen molar-refractivity contribution in [3.05, 3.63) is 59.2 Å². The monoisotopic (exact) mass is 332 g/mol. The minimum Gasteiger partial charge on any atom is -0.496 e. The van der Waals surface area contributed by atoms with E-state index in [4.69, 9.17) is 4.74 Å². The van der Waals surface area contributed by atoms with E-state index >= 15 is 0 Å². The number of halogens is 1. The summed E-state index contributed by atoms with van der Waals surface area (Å²) in [5, 5.41) is 3.04. The Morgan fingerprint density at radius 3 is 2.74 bits per heavy atom. The molecule has 2 aromatic rings. The van der Waals surface area contributed by atoms with E-state index in [0.29, 0.717) is 11.3 Å². The maximum atomic E-state index is 12.5. The highest BCUT2D eigenvalue weighted by Gasteiger charge is 2.18. The number of rotatable bonds is 3. The summed E-state index contributed by atoms with van der Waals surface area (Å²) in [5.41, 5.74) is 3.98. The highest BCUT2D eigenvalue weighted by Crippen LogP contribution is 2.27. The Balaban J connectivity index is 0.00000192. The Morgan fingerprint density at radius 1 is 1.17 bits per heavy atom. The number of hydrogen-bond donors (Lipinski definition) is 1. The minimum absolute atomic E-state index is 0. The molecule has 0 atom stereocenters. The first kappa shape index (κ1) is 17.3. The third kappa shape index (κ3) is 3.66. The second-order valence-corrected chi connectivity index (χ2v) is 5.59. The van der Waals surface area contributed by atoms with Crippen LogP contribution in [0.5, 0.6) is 5.75 Å². The zero-order valence-corrected chi connectivity index (χ0v) is 14.2. The molecule has 0 saturated heterocycles. The van der Waals surface area contributed by atoms with Crippen molar-refractivity contribution >= 4 is 24.0 Å². The van der Waals surface area contributed by atoms with Crippen LogP contribution in [0.15, 0.2) is 42.5 Å². The Morgan fingerprint density at radius 2 is 1.96 bits per heavy atom. The first-order chi connectivity index (χ1) is 10.7. The van der Waals surface area contributed by atoms with Gasteiger partial charge >= 0.3 is 0 Å². The molecule has 1 amide bonds. The molecule has 122 valence electrons. The van der Waals surface area contributed by atoms with Crippen LogP contribution in [0.2, 0.25) is 0 Å². The first-order valence-electron chi connectivity index (χ1n) is 7.42. The number of methoxy groups -OCH3 is 1. The summed E-state index contributed by atoms with van der Waals surface area (Å²) in [6, 6.07) is 13.4. The van der Waals surface area contributed by atoms with Gasteiger partial charge in [-0.1, -0.05) is 24.3 Å². The first-order valence-corrected chi connectivity index (χ1v) is 7.42. The summed E-state index contributed by atoms with van der Waals surface area (Å²) in [5.74, 6) is 0.453. The highest BCUT2D eigenvalue weighted by atomic mass is 35.5. The van der Waals surface area contributed by atoms with Crippen LogP contribution in [-0.4, -0.2) is 31.5 Å². The van der Waals surface area contributed by atoms with E-state index in [2.05, 4.69) is 23.3 Å². The van der Waals surface area contributed by atoms with E-state index in [1.54, 1.807) is 19.2 Å². The number of anilines is 1. The van der Waals surface area contributed by atoms with Crippen LogP contribution in [0.25, 0.3) is 0 Å². The minimum atomic E-state index is -0.134. The molecule has 1 aliphatic rings. The van der Waals surface area contributed by atoms with E-state index in [1.807, 2.05) is 24.3 Å². The van der Waals surface area contributed by atoms with E-state index < -0.39 is 0 Å². The normalized spacial score (nSPS) is 13.7. The zero-order valence-electron chi connectivity index (χ0n) is 13.3. The maximum absolute atomic E-state index is 12.5. The number of nitrogens with one attached hydrogen (secondary N) is 1. The van der Waals surface area contributed by atoms with Gasteiger partial charge in [-0.15, -0.1) is 12.4 Å². The van der Waals surface area contributed by atoms with Crippen LogP contribution in [0.4, 0.5) is 5.69 Å². The van der Waals surface area contributed by atoms with Gasteiger partial charge < -0.3 is 15.0 Å². The van der Waals surface area contributed by atoms with Crippen molar-refractivity contribution in [1.82, 2.24) is 4.90 Å². The molecule has 0 unspecified atom stereocenters. The molecule has 1 aliphatic heterocycles. The van der Waals surface area contributed by atoms with Gasteiger partial charge in [-0.05, 0) is 42.8 Å². The largest absolute Gasteiger partial charge is 0.496 e. The molecule has 0 spiro atoms. The Kier molecular flexibility index (Phi) is 5.64. The summed E-state index contributed by atoms with van der Waals surface area (Å²) in [7, 11) is 3.69. The molecule has 0 aromatic heterocycles. The lowest BCUT2D eigenvalue weighted by Gasteiger charge is -2.26. The van der Waals surface area contributed by atoms with Gasteiger partial charge in [-0.25, -0.2) is 0 Å². The van der Waals surface area contributed by atoms with Crippen molar-refractivity contribution in [2.24, 2.45) is 0 Å². The summed E-state index contributed by atoms with van der Waals surface area (Å²) >= 11 is 0. The lowest BCUT2D eigenvalue weighted by atomic mass is 9.98. The quantitative estimate of drug-likeness (QED) is 0.937. The standard InChI is InChI=1S/C18H20N2O2.ClH/c1-20-11-10-14-13(12-20)6-5-8-16(14)19-18(21)15-7-3-4-9-17(15)22-2;/h3-9H,10-12H2,1-2H3,(H,19,21);1H. The molecule has 0 radical (unpaired) electrons. The van der Waals surface area contributed by atoms with Gasteiger partial charge in [0, 0.05) is 18.8 Å². The van der Waals surface area contributed by atoms with Gasteiger partial charge in [0.1, 0.15) is 5.75 Å². The van der Waals surface area contributed by atoms with Crippen LogP contribution in [-0.2, 0) is 13.0 Å². The van der Waals surface area contributed by atoms with Crippen molar-refractivity contribution < 1.29 is 9.53 Å². The van der Waals surface area contributed by atoms with E-state index in [0.717, 1.165) is 25.2 Å². The third-order valence-corrected chi connectivity index (χ3v) is 4.06. The van der Waals surface area contributed by atoms with Crippen molar-refractivity contribution in [3.63, 3.8) is 0 Å². The number of amides is 1. The van der Waals surface area contributed by atoms with Crippen molar-refractivity contribution in [2.45, 2.75) is 13.0 Å². The molecule has 0 saturated carbocycles. The lowest BCUT2D eigenvalue weighted by Crippen LogP contribution is -2.27. The fourth-order valence-corrected chi connectivity index (χ4v) is 2.89. The van der Waals surface area contributed by atoms with Crippen molar-refractivity contribution in [3.8, 4) is 5.75 Å². The smallest absolute Gasteiger partial charge is 0.259 e. The number of ether oxygens (including phenoxy) is 1. The Hall–Kier alpha value is -2.04. The Labute approximate surface area is 142 Å². The number of likely N-dealkylation sites (N-methyl/N-ethyl adjacent to an activating group) is 1. The van der Waals surface area contributed by atoms with Gasteiger partial charge in [0.2, 0.25) is 0 Å². The molecule has 0 bridgehead atoms. The van der Waals surface area contributed by atoms with Crippen LogP contribution >= 0.6 is 12.4 Å². The van der Waals surface area contributed by atoms with Gasteiger partial charge in [-0.2, -0.15) is 0 Å². The van der Waals surface area contributed by atoms with Gasteiger partial charge in [0.25, 0.3) is 5.91 Å². The molecule has 1 N–H and O–H groups in total. The van der Waals surface area contributed by atoms with Gasteiger partial charge in [0.15, 0.2) is 0 Å². The molecule has 3 rings (SSSR count). The van der Waals surface area contributed by atoms with Crippen LogP contribution < -0.4 is 10.1 Å². The van der Waals surface area contributed by atoms with E-state index in [1.165, 1.54) is 11.1 Å². The Bertz CT molecular complexity index is 703. The molecule has 1 heterocycles. The second-order valence-electron chi connectivity index (χ2n) is 5.59. The van der Waals surface area contributed by atoms with Crippen molar-refractivity contribution in [1.29, 1.82) is 0 Å². The highest BCUT2D eigenvalue weighted by molar-refractivity contribution is 6.06. The van der Waals surface area contributed by atoms with E-state index in [9.17, 15) is 4.79 Å². The van der Waals surface area contributed by atoms with E-state index in [-0.39, 0.29) is 18.3 Å². The average Bonchev–Trinajstić information content (AvgIpc) is 2.54. The summed E-state index contributed by atoms with van der Waals surface area (Å²) in [4.78, 5) is 14.8. The summed E-state index contributed by atoms with van der Waals surface area (Å²) in [6.45, 7) is 1.93. The lowest BCUT2D eigenvalue weighted by molar-refractivity contribution is 0.102. The zero-order chi connectivity index (χ0) is 15.5. The SMILES string of the molecule is COc1ccccc1C(=O)Nc1cccc2c1CCN(C)C2.Cl. The molecular weight excluding hydrogens is 312 g/mol. The predicted molar refractivity (Wildman–Crippen MR) is 94.7 cm³/mol. The molecule has 0 aliphatic carbocycles. The molecule has 23 heavy (non-hydrogen) atoms. The summed E-state index contributed by atoms with van der Waals surface area (Å²) in [6.07, 6.45) is 0.953. The van der Waals surface area contributed by atoms with Crippen LogP contribution in [0, 0.1) is 0 Å². The summed E-state index contributed by atoms with van der Waals surface area (Å²) < 4.78 is 5.26. The molecular formula is C18H21ClN2O2. The van der Waals surface area contributed by atoms with Crippen LogP contribution in [0.3, 0.4) is 0 Å². The number of para-hydroxylation sites is 1. The molecule has 2 aromatic carbocycles. The number of carbonyl (C=O) groups excluding carboxylic acids is 1. The van der Waals surface area contributed by atoms with Crippen LogP contribution in [0.1, 0.15) is 21.5 Å². The number of fused-ring (bicyclic) bond motifs is 1. The van der Waals surface area contributed by atoms with Crippen molar-refractivity contribution in [2.75, 3.05) is 26.0 Å². The predicted octanol–water partition coefficient (Wildman–Crippen LogP) is 3.36. The number of carbonyl (C=O) groups is 1. The van der Waals surface area contributed by atoms with Gasteiger partial charge in [-0.3, -0.25) is 4.79 Å². The second kappa shape index (κ2) is 7.49. The third-order valence-electron chi connectivity index (χ3n) is 4.06. The average molecular weight is 333 g/mol.